The predicted molar refractivity (Wildman–Crippen MR) is 70.4 cm³/mol. The first-order valence-electron chi connectivity index (χ1n) is 6.82. The third kappa shape index (κ3) is 2.88. The van der Waals surface area contributed by atoms with Gasteiger partial charge in [0.2, 0.25) is 0 Å². The molecule has 0 unspecified atom stereocenters. The average Bonchev–Trinajstić information content (AvgIpc) is 2.64. The van der Waals surface area contributed by atoms with Gasteiger partial charge in [-0.05, 0) is 48.5 Å². The molecule has 0 spiro atoms. The maximum Gasteiger partial charge on any atom is 0.142 e. The van der Waals surface area contributed by atoms with E-state index in [-0.39, 0.29) is 32.7 Å². The minimum absolute atomic E-state index is 0. The molecule has 2 aliphatic rings. The van der Waals surface area contributed by atoms with Crippen molar-refractivity contribution in [2.75, 3.05) is 0 Å². The summed E-state index contributed by atoms with van der Waals surface area (Å²) >= 11 is 0. The Morgan fingerprint density at radius 3 is 2.83 bits per heavy atom. The van der Waals surface area contributed by atoms with Gasteiger partial charge in [-0.2, -0.15) is 0 Å². The summed E-state index contributed by atoms with van der Waals surface area (Å²) < 4.78 is 0. The molecule has 0 bridgehead atoms. The Balaban J connectivity index is 0.00000162. The van der Waals surface area contributed by atoms with Crippen LogP contribution in [0.1, 0.15) is 46.0 Å². The summed E-state index contributed by atoms with van der Waals surface area (Å²) in [6.45, 7) is 10.9. The van der Waals surface area contributed by atoms with E-state index in [1.807, 2.05) is 0 Å². The quantitative estimate of drug-likeness (QED) is 0.437. The molecule has 2 fully saturated rings. The molecule has 0 aromatic rings. The predicted octanol–water partition coefficient (Wildman–Crippen LogP) is 3.95. The molecule has 0 aromatic carbocycles. The van der Waals surface area contributed by atoms with Gasteiger partial charge in [-0.1, -0.05) is 32.8 Å². The maximum atomic E-state index is 10.4. The first-order chi connectivity index (χ1) is 8.09. The van der Waals surface area contributed by atoms with Gasteiger partial charge in [0.15, 0.2) is 0 Å². The molecule has 0 aromatic heterocycles. The molecule has 0 amide bonds. The number of hydrogen-bond acceptors (Lipinski definition) is 1. The second-order valence-electron chi connectivity index (χ2n) is 6.05. The standard InChI is InChI=1S/C16H23O.Y/c1-12-6-4-10-16(3)14(12)8-9-15(16)13(2)7-5-11-17;/h1,5,7,11,13-15H,4,6,8-10H2,2-3H3;/q-1;/b7-5+;/t13-,14-,15+,16-;/m0./s1. The van der Waals surface area contributed by atoms with Crippen molar-refractivity contribution in [1.29, 1.82) is 0 Å². The molecule has 97 valence electrons. The van der Waals surface area contributed by atoms with Crippen molar-refractivity contribution >= 4 is 6.29 Å². The minimum Gasteiger partial charge on any atom is -0.514 e. The first-order valence-corrected chi connectivity index (χ1v) is 6.82. The van der Waals surface area contributed by atoms with Crippen LogP contribution in [-0.4, -0.2) is 6.29 Å². The SMILES string of the molecule is [CH-]=C1CCC[C@]2(C)[C@@H]([C@@H](C)/C=C/C=O)CC[C@@H]12.[Y]. The zero-order valence-electron chi connectivity index (χ0n) is 11.6. The Bertz CT molecular complexity index is 347. The van der Waals surface area contributed by atoms with Crippen molar-refractivity contribution in [2.45, 2.75) is 46.0 Å². The fourth-order valence-corrected chi connectivity index (χ4v) is 4.30. The first kappa shape index (κ1) is 16.3. The molecule has 2 saturated carbocycles. The number of rotatable bonds is 3. The van der Waals surface area contributed by atoms with E-state index >= 15 is 0 Å². The van der Waals surface area contributed by atoms with Crippen LogP contribution in [0.3, 0.4) is 0 Å². The average molecular weight is 320 g/mol. The Hall–Kier alpha value is 0.254. The van der Waals surface area contributed by atoms with Crippen LogP contribution in [0.25, 0.3) is 0 Å². The molecular formula is C16H23OY-. The Labute approximate surface area is 136 Å². The van der Waals surface area contributed by atoms with E-state index in [1.165, 1.54) is 31.3 Å². The van der Waals surface area contributed by atoms with Gasteiger partial charge < -0.3 is 6.58 Å². The third-order valence-electron chi connectivity index (χ3n) is 5.17. The molecule has 0 saturated heterocycles. The van der Waals surface area contributed by atoms with Crippen molar-refractivity contribution < 1.29 is 37.5 Å². The summed E-state index contributed by atoms with van der Waals surface area (Å²) in [5, 5.41) is 0. The summed E-state index contributed by atoms with van der Waals surface area (Å²) in [6.07, 6.45) is 10.7. The van der Waals surface area contributed by atoms with Crippen LogP contribution in [0.2, 0.25) is 0 Å². The smallest absolute Gasteiger partial charge is 0.142 e. The summed E-state index contributed by atoms with van der Waals surface area (Å²) in [4.78, 5) is 10.4. The second-order valence-corrected chi connectivity index (χ2v) is 6.05. The number of carbonyl (C=O) groups is 1. The van der Waals surface area contributed by atoms with Crippen LogP contribution in [-0.2, 0) is 37.5 Å². The monoisotopic (exact) mass is 320 g/mol. The third-order valence-corrected chi connectivity index (χ3v) is 5.17. The van der Waals surface area contributed by atoms with Gasteiger partial charge in [-0.25, -0.2) is 0 Å². The normalized spacial score (nSPS) is 37.1. The fourth-order valence-electron chi connectivity index (χ4n) is 4.30. The molecule has 4 atom stereocenters. The largest absolute Gasteiger partial charge is 0.514 e. The number of aldehydes is 1. The number of allylic oxidation sites excluding steroid dienone is 3. The second kappa shape index (κ2) is 6.61. The molecule has 1 radical (unpaired) electrons. The van der Waals surface area contributed by atoms with Crippen molar-refractivity contribution in [1.82, 2.24) is 0 Å². The fraction of sp³-hybridized carbons (Fsp3) is 0.688. The van der Waals surface area contributed by atoms with Gasteiger partial charge in [-0.15, -0.1) is 0 Å². The Morgan fingerprint density at radius 2 is 2.17 bits per heavy atom. The minimum atomic E-state index is 0. The van der Waals surface area contributed by atoms with E-state index in [0.29, 0.717) is 23.2 Å². The molecule has 0 heterocycles. The molecular weight excluding hydrogens is 297 g/mol. The number of fused-ring (bicyclic) bond motifs is 1. The van der Waals surface area contributed by atoms with Gasteiger partial charge in [0.05, 0.1) is 0 Å². The van der Waals surface area contributed by atoms with Crippen LogP contribution in [0.15, 0.2) is 17.7 Å². The summed E-state index contributed by atoms with van der Waals surface area (Å²) in [5.41, 5.74) is 1.60. The molecule has 0 N–H and O–H groups in total. The number of carbonyl (C=O) groups excluding carboxylic acids is 1. The van der Waals surface area contributed by atoms with Gasteiger partial charge >= 0.3 is 0 Å². The molecule has 0 aliphatic heterocycles. The topological polar surface area (TPSA) is 17.1 Å². The Kier molecular flexibility index (Phi) is 5.99. The van der Waals surface area contributed by atoms with Gasteiger partial charge in [0.25, 0.3) is 0 Å². The van der Waals surface area contributed by atoms with Crippen LogP contribution in [0.4, 0.5) is 0 Å². The zero-order chi connectivity index (χ0) is 12.5. The van der Waals surface area contributed by atoms with E-state index in [9.17, 15) is 4.79 Å². The molecule has 1 nitrogen and oxygen atoms in total. The van der Waals surface area contributed by atoms with E-state index in [1.54, 1.807) is 6.08 Å². The van der Waals surface area contributed by atoms with Gasteiger partial charge in [-0.3, -0.25) is 10.4 Å². The Morgan fingerprint density at radius 1 is 1.44 bits per heavy atom. The summed E-state index contributed by atoms with van der Waals surface area (Å²) in [5.74, 6) is 1.79. The zero-order valence-corrected chi connectivity index (χ0v) is 14.4. The van der Waals surface area contributed by atoms with E-state index in [4.69, 9.17) is 6.58 Å². The van der Waals surface area contributed by atoms with Crippen molar-refractivity contribution in [2.24, 2.45) is 23.2 Å². The summed E-state index contributed by atoms with van der Waals surface area (Å²) in [6, 6.07) is 0. The molecule has 2 rings (SSSR count). The van der Waals surface area contributed by atoms with Crippen LogP contribution < -0.4 is 0 Å². The molecule has 2 heteroatoms. The molecule has 18 heavy (non-hydrogen) atoms. The van der Waals surface area contributed by atoms with E-state index in [2.05, 4.69) is 19.9 Å². The van der Waals surface area contributed by atoms with E-state index in [0.717, 1.165) is 12.7 Å². The van der Waals surface area contributed by atoms with Crippen molar-refractivity contribution in [3.05, 3.63) is 24.3 Å². The van der Waals surface area contributed by atoms with Gasteiger partial charge in [0, 0.05) is 32.7 Å². The van der Waals surface area contributed by atoms with Crippen molar-refractivity contribution in [3.8, 4) is 0 Å². The van der Waals surface area contributed by atoms with Crippen LogP contribution >= 0.6 is 0 Å². The van der Waals surface area contributed by atoms with Crippen LogP contribution in [0, 0.1) is 29.7 Å². The summed E-state index contributed by atoms with van der Waals surface area (Å²) in [7, 11) is 0. The van der Waals surface area contributed by atoms with Gasteiger partial charge in [0.1, 0.15) is 6.29 Å². The van der Waals surface area contributed by atoms with Crippen molar-refractivity contribution in [3.63, 3.8) is 0 Å². The van der Waals surface area contributed by atoms with Crippen LogP contribution in [0.5, 0.6) is 0 Å². The van der Waals surface area contributed by atoms with E-state index < -0.39 is 0 Å². The number of hydrogen-bond donors (Lipinski definition) is 0. The molecule has 2 aliphatic carbocycles. The maximum absolute atomic E-state index is 10.4.